The molecule has 0 radical (unpaired) electrons. The number of aryl methyl sites for hydroxylation is 2. The number of rotatable bonds is 9. The molecule has 0 saturated carbocycles. The minimum absolute atomic E-state index is 0.0782. The van der Waals surface area contributed by atoms with Gasteiger partial charge in [0.15, 0.2) is 4.90 Å². The quantitative estimate of drug-likeness (QED) is 0.286. The predicted molar refractivity (Wildman–Crippen MR) is 148 cm³/mol. The Kier molecular flexibility index (Phi) is 8.45. The number of benzene rings is 2. The van der Waals surface area contributed by atoms with E-state index in [-0.39, 0.29) is 22.7 Å². The largest absolute Gasteiger partial charge is 0.493 e. The van der Waals surface area contributed by atoms with Crippen LogP contribution in [0.1, 0.15) is 61.7 Å². The second kappa shape index (κ2) is 11.8. The molecule has 10 heteroatoms. The molecule has 0 aliphatic heterocycles. The van der Waals surface area contributed by atoms with E-state index in [4.69, 9.17) is 0 Å². The molecule has 0 amide bonds. The van der Waals surface area contributed by atoms with Crippen molar-refractivity contribution in [2.75, 3.05) is 0 Å². The first-order chi connectivity index (χ1) is 19.1. The number of sulfone groups is 1. The van der Waals surface area contributed by atoms with E-state index in [9.17, 15) is 28.0 Å². The highest BCUT2D eigenvalue weighted by molar-refractivity contribution is 7.91. The summed E-state index contributed by atoms with van der Waals surface area (Å²) in [5.74, 6) is -1.23. The van der Waals surface area contributed by atoms with E-state index in [1.54, 1.807) is 31.5 Å². The number of pyridine rings is 1. The van der Waals surface area contributed by atoms with Crippen LogP contribution in [0.5, 0.6) is 5.88 Å². The van der Waals surface area contributed by atoms with E-state index in [0.29, 0.717) is 18.4 Å². The highest BCUT2D eigenvalue weighted by Crippen LogP contribution is 2.34. The molecule has 4 rings (SSSR count). The third kappa shape index (κ3) is 5.51. The lowest BCUT2D eigenvalue weighted by Crippen LogP contribution is -2.27. The molecule has 0 aliphatic rings. The van der Waals surface area contributed by atoms with Gasteiger partial charge in [0, 0.05) is 18.8 Å². The van der Waals surface area contributed by atoms with Gasteiger partial charge in [-0.3, -0.25) is 14.3 Å². The number of halogens is 1. The lowest BCUT2D eigenvalue weighted by molar-refractivity contribution is 0.358. The summed E-state index contributed by atoms with van der Waals surface area (Å²) in [5, 5.41) is 20.8. The van der Waals surface area contributed by atoms with Crippen LogP contribution in [0, 0.1) is 24.1 Å². The first kappa shape index (κ1) is 28.6. The number of unbranched alkanes of at least 4 members (excludes halogenated alkanes) is 1. The van der Waals surface area contributed by atoms with Crippen molar-refractivity contribution in [1.29, 1.82) is 5.26 Å². The number of nitrogens with zero attached hydrogens (tertiary/aromatic N) is 4. The summed E-state index contributed by atoms with van der Waals surface area (Å²) in [4.78, 5) is 20.3. The molecule has 0 aliphatic carbocycles. The van der Waals surface area contributed by atoms with Crippen molar-refractivity contribution in [3.63, 3.8) is 0 Å². The van der Waals surface area contributed by atoms with Crippen molar-refractivity contribution in [3.8, 4) is 23.1 Å². The van der Waals surface area contributed by atoms with Gasteiger partial charge >= 0.3 is 0 Å². The van der Waals surface area contributed by atoms with E-state index in [1.807, 2.05) is 26.0 Å². The van der Waals surface area contributed by atoms with Gasteiger partial charge in [-0.1, -0.05) is 32.4 Å². The molecular weight excluding hydrogens is 531 g/mol. The second-order valence-electron chi connectivity index (χ2n) is 9.49. The number of nitriles is 1. The summed E-state index contributed by atoms with van der Waals surface area (Å²) >= 11 is 0. The van der Waals surface area contributed by atoms with Gasteiger partial charge in [0.05, 0.1) is 22.6 Å². The van der Waals surface area contributed by atoms with E-state index in [2.05, 4.69) is 9.97 Å². The Morgan fingerprint density at radius 3 is 2.48 bits per heavy atom. The molecule has 2 aromatic carbocycles. The number of aromatic nitrogens is 3. The molecule has 0 bridgehead atoms. The SMILES string of the molecule is CCCCc1nc(=O)c(S(=O)(=O)c2ccc(-c3ccncc3C)cc2)c(O)n1[C@@H](CC)c1cc(F)cc(C#N)c1. The Labute approximate surface area is 232 Å². The van der Waals surface area contributed by atoms with Gasteiger partial charge in [0.25, 0.3) is 5.56 Å². The van der Waals surface area contributed by atoms with Crippen molar-refractivity contribution in [1.82, 2.24) is 14.5 Å². The van der Waals surface area contributed by atoms with E-state index >= 15 is 0 Å². The summed E-state index contributed by atoms with van der Waals surface area (Å²) in [6, 6.07) is 12.7. The minimum atomic E-state index is -4.50. The number of hydrogen-bond acceptors (Lipinski definition) is 7. The van der Waals surface area contributed by atoms with E-state index in [1.165, 1.54) is 28.8 Å². The fourth-order valence-corrected chi connectivity index (χ4v) is 6.13. The van der Waals surface area contributed by atoms with E-state index in [0.717, 1.165) is 29.2 Å². The molecule has 1 atom stereocenters. The van der Waals surface area contributed by atoms with Gasteiger partial charge < -0.3 is 5.11 Å². The maximum absolute atomic E-state index is 14.4. The van der Waals surface area contributed by atoms with Crippen molar-refractivity contribution in [3.05, 3.63) is 99.6 Å². The monoisotopic (exact) mass is 560 g/mol. The molecular formula is C30H29FN4O4S. The number of hydrogen-bond donors (Lipinski definition) is 1. The summed E-state index contributed by atoms with van der Waals surface area (Å²) in [5.41, 5.74) is 1.91. The van der Waals surface area contributed by atoms with Gasteiger partial charge in [0.1, 0.15) is 11.6 Å². The van der Waals surface area contributed by atoms with Gasteiger partial charge in [-0.15, -0.1) is 0 Å². The van der Waals surface area contributed by atoms with Crippen LogP contribution < -0.4 is 5.56 Å². The van der Waals surface area contributed by atoms with Crippen LogP contribution >= 0.6 is 0 Å². The maximum Gasteiger partial charge on any atom is 0.296 e. The van der Waals surface area contributed by atoms with Crippen LogP contribution in [-0.2, 0) is 16.3 Å². The fourth-order valence-electron chi connectivity index (χ4n) is 4.79. The summed E-state index contributed by atoms with van der Waals surface area (Å²) in [7, 11) is -4.50. The molecule has 2 aromatic heterocycles. The lowest BCUT2D eigenvalue weighted by Gasteiger charge is -2.25. The first-order valence-electron chi connectivity index (χ1n) is 12.9. The summed E-state index contributed by atoms with van der Waals surface area (Å²) < 4.78 is 43.2. The maximum atomic E-state index is 14.4. The Bertz CT molecular complexity index is 1760. The summed E-state index contributed by atoms with van der Waals surface area (Å²) in [6.07, 6.45) is 5.31. The first-order valence-corrected chi connectivity index (χ1v) is 14.4. The predicted octanol–water partition coefficient (Wildman–Crippen LogP) is 5.50. The average molecular weight is 561 g/mol. The molecule has 40 heavy (non-hydrogen) atoms. The van der Waals surface area contributed by atoms with Crippen molar-refractivity contribution in [2.45, 2.75) is 62.3 Å². The fraction of sp³-hybridized carbons (Fsp3) is 0.267. The summed E-state index contributed by atoms with van der Waals surface area (Å²) in [6.45, 7) is 5.61. The topological polar surface area (TPSA) is 126 Å². The van der Waals surface area contributed by atoms with Gasteiger partial charge in [-0.05, 0) is 78.4 Å². The third-order valence-electron chi connectivity index (χ3n) is 6.79. The molecule has 4 aromatic rings. The molecule has 0 saturated heterocycles. The molecule has 1 N–H and O–H groups in total. The molecule has 2 heterocycles. The zero-order valence-corrected chi connectivity index (χ0v) is 23.2. The lowest BCUT2D eigenvalue weighted by atomic mass is 10.0. The Morgan fingerprint density at radius 1 is 1.12 bits per heavy atom. The van der Waals surface area contributed by atoms with Crippen LogP contribution in [-0.4, -0.2) is 28.1 Å². The third-order valence-corrected chi connectivity index (χ3v) is 8.57. The Balaban J connectivity index is 1.90. The highest BCUT2D eigenvalue weighted by Gasteiger charge is 2.32. The van der Waals surface area contributed by atoms with Gasteiger partial charge in [0.2, 0.25) is 15.7 Å². The minimum Gasteiger partial charge on any atom is -0.493 e. The molecule has 0 fully saturated rings. The van der Waals surface area contributed by atoms with Crippen LogP contribution in [0.3, 0.4) is 0 Å². The zero-order chi connectivity index (χ0) is 29.0. The van der Waals surface area contributed by atoms with Crippen molar-refractivity contribution >= 4 is 9.84 Å². The highest BCUT2D eigenvalue weighted by atomic mass is 32.2. The Hall–Kier alpha value is -4.36. The molecule has 8 nitrogen and oxygen atoms in total. The molecule has 206 valence electrons. The Morgan fingerprint density at radius 2 is 1.85 bits per heavy atom. The van der Waals surface area contributed by atoms with Crippen molar-refractivity contribution < 1.29 is 17.9 Å². The van der Waals surface area contributed by atoms with Crippen LogP contribution in [0.2, 0.25) is 0 Å². The second-order valence-corrected chi connectivity index (χ2v) is 11.4. The molecule has 0 spiro atoms. The average Bonchev–Trinajstić information content (AvgIpc) is 2.93. The van der Waals surface area contributed by atoms with Gasteiger partial charge in [-0.25, -0.2) is 12.8 Å². The van der Waals surface area contributed by atoms with Crippen LogP contribution in [0.25, 0.3) is 11.1 Å². The van der Waals surface area contributed by atoms with Crippen LogP contribution in [0.4, 0.5) is 4.39 Å². The van der Waals surface area contributed by atoms with Crippen LogP contribution in [0.15, 0.2) is 75.5 Å². The number of aromatic hydroxyl groups is 1. The van der Waals surface area contributed by atoms with E-state index < -0.39 is 38.0 Å². The van der Waals surface area contributed by atoms with Gasteiger partial charge in [-0.2, -0.15) is 10.2 Å². The smallest absolute Gasteiger partial charge is 0.296 e. The normalized spacial score (nSPS) is 12.2. The zero-order valence-electron chi connectivity index (χ0n) is 22.4. The van der Waals surface area contributed by atoms with Crippen molar-refractivity contribution in [2.24, 2.45) is 0 Å². The standard InChI is InChI=1S/C30H29FN4O4S/c1-4-6-7-27-34-29(36)28(30(37)35(27)26(5-2)22-14-20(17-32)15-23(31)16-22)40(38,39)24-10-8-21(9-11-24)25-12-13-33-18-19(25)3/h8-16,18,26,37H,4-7H2,1-3H3/t26-/m0/s1. The molecule has 0 unspecified atom stereocenters.